The van der Waals surface area contributed by atoms with Crippen molar-refractivity contribution in [1.82, 2.24) is 14.5 Å². The maximum atomic E-state index is 14.0. The van der Waals surface area contributed by atoms with Crippen LogP contribution in [0.15, 0.2) is 41.6 Å². The molecule has 1 aliphatic rings. The highest BCUT2D eigenvalue weighted by atomic mass is 32.2. The fraction of sp³-hybridized carbons (Fsp3) is 0.308. The molecule has 0 radical (unpaired) electrons. The Morgan fingerprint density at radius 2 is 2.15 bits per heavy atom. The SMILES string of the molecule is CC1(NS(=O)(=O)c2ccc(-n3cccn3)c(F)c2)CC1. The Bertz CT molecular complexity index is 737. The summed E-state index contributed by atoms with van der Waals surface area (Å²) in [6.45, 7) is 1.83. The van der Waals surface area contributed by atoms with E-state index in [9.17, 15) is 12.8 Å². The lowest BCUT2D eigenvalue weighted by molar-refractivity contribution is 0.554. The summed E-state index contributed by atoms with van der Waals surface area (Å²) >= 11 is 0. The van der Waals surface area contributed by atoms with Crippen LogP contribution >= 0.6 is 0 Å². The number of hydrogen-bond donors (Lipinski definition) is 1. The summed E-state index contributed by atoms with van der Waals surface area (Å²) in [4.78, 5) is -0.0703. The van der Waals surface area contributed by atoms with Gasteiger partial charge < -0.3 is 0 Å². The van der Waals surface area contributed by atoms with Gasteiger partial charge in [0.05, 0.1) is 4.90 Å². The molecule has 1 N–H and O–H groups in total. The lowest BCUT2D eigenvalue weighted by Gasteiger charge is -2.13. The molecule has 5 nitrogen and oxygen atoms in total. The predicted molar refractivity (Wildman–Crippen MR) is 71.5 cm³/mol. The first kappa shape index (κ1) is 13.3. The zero-order valence-electron chi connectivity index (χ0n) is 10.9. The van der Waals surface area contributed by atoms with Crippen LogP contribution < -0.4 is 4.72 Å². The molecule has 0 amide bonds. The quantitative estimate of drug-likeness (QED) is 0.936. The van der Waals surface area contributed by atoms with Crippen LogP contribution in [0.1, 0.15) is 19.8 Å². The average molecular weight is 295 g/mol. The van der Waals surface area contributed by atoms with Crippen molar-refractivity contribution in [2.24, 2.45) is 0 Å². The second-order valence-corrected chi connectivity index (χ2v) is 6.91. The number of nitrogens with zero attached hydrogens (tertiary/aromatic N) is 2. The van der Waals surface area contributed by atoms with Gasteiger partial charge in [-0.25, -0.2) is 22.2 Å². The molecule has 20 heavy (non-hydrogen) atoms. The van der Waals surface area contributed by atoms with Gasteiger partial charge in [0.15, 0.2) is 0 Å². The van der Waals surface area contributed by atoms with E-state index in [1.807, 2.05) is 6.92 Å². The smallest absolute Gasteiger partial charge is 0.238 e. The first-order valence-electron chi connectivity index (χ1n) is 6.23. The zero-order chi connectivity index (χ0) is 14.4. The molecule has 1 heterocycles. The van der Waals surface area contributed by atoms with Gasteiger partial charge in [-0.05, 0) is 44.0 Å². The summed E-state index contributed by atoms with van der Waals surface area (Å²) in [5, 5.41) is 3.92. The van der Waals surface area contributed by atoms with Crippen LogP contribution in [-0.2, 0) is 10.0 Å². The van der Waals surface area contributed by atoms with Crippen LogP contribution in [0, 0.1) is 5.82 Å². The van der Waals surface area contributed by atoms with Crippen LogP contribution in [0.25, 0.3) is 5.69 Å². The van der Waals surface area contributed by atoms with Gasteiger partial charge in [-0.3, -0.25) is 0 Å². The number of halogens is 1. The number of hydrogen-bond acceptors (Lipinski definition) is 3. The third-order valence-corrected chi connectivity index (χ3v) is 5.00. The molecule has 0 atom stereocenters. The molecule has 2 aromatic rings. The number of aromatic nitrogens is 2. The normalized spacial score (nSPS) is 17.1. The highest BCUT2D eigenvalue weighted by molar-refractivity contribution is 7.89. The summed E-state index contributed by atoms with van der Waals surface area (Å²) in [5.74, 6) is -0.627. The highest BCUT2D eigenvalue weighted by Gasteiger charge is 2.41. The van der Waals surface area contributed by atoms with Crippen molar-refractivity contribution in [3.8, 4) is 5.69 Å². The highest BCUT2D eigenvalue weighted by Crippen LogP contribution is 2.36. The van der Waals surface area contributed by atoms with Gasteiger partial charge in [0.2, 0.25) is 10.0 Å². The fourth-order valence-electron chi connectivity index (χ4n) is 1.92. The van der Waals surface area contributed by atoms with Gasteiger partial charge in [-0.1, -0.05) is 0 Å². The van der Waals surface area contributed by atoms with E-state index in [4.69, 9.17) is 0 Å². The molecule has 3 rings (SSSR count). The number of benzene rings is 1. The first-order chi connectivity index (χ1) is 9.40. The summed E-state index contributed by atoms with van der Waals surface area (Å²) < 4.78 is 42.3. The molecule has 1 fully saturated rings. The van der Waals surface area contributed by atoms with Crippen molar-refractivity contribution >= 4 is 10.0 Å². The van der Waals surface area contributed by atoms with E-state index >= 15 is 0 Å². The van der Waals surface area contributed by atoms with E-state index in [1.54, 1.807) is 12.3 Å². The van der Waals surface area contributed by atoms with E-state index in [0.29, 0.717) is 0 Å². The Kier molecular flexibility index (Phi) is 2.91. The molecule has 1 aliphatic carbocycles. The van der Waals surface area contributed by atoms with Gasteiger partial charge in [-0.2, -0.15) is 5.10 Å². The summed E-state index contributed by atoms with van der Waals surface area (Å²) in [6, 6.07) is 5.48. The van der Waals surface area contributed by atoms with Gasteiger partial charge in [0, 0.05) is 17.9 Å². The molecule has 0 saturated heterocycles. The number of nitrogens with one attached hydrogen (secondary N) is 1. The van der Waals surface area contributed by atoms with Gasteiger partial charge >= 0.3 is 0 Å². The van der Waals surface area contributed by atoms with E-state index in [-0.39, 0.29) is 16.1 Å². The van der Waals surface area contributed by atoms with Crippen molar-refractivity contribution in [2.75, 3.05) is 0 Å². The monoisotopic (exact) mass is 295 g/mol. The van der Waals surface area contributed by atoms with Crippen LogP contribution in [0.3, 0.4) is 0 Å². The second-order valence-electron chi connectivity index (χ2n) is 5.23. The topological polar surface area (TPSA) is 64.0 Å². The molecular formula is C13H14FN3O2S. The molecule has 106 valence electrons. The van der Waals surface area contributed by atoms with Crippen LogP contribution in [0.5, 0.6) is 0 Å². The van der Waals surface area contributed by atoms with Crippen molar-refractivity contribution in [1.29, 1.82) is 0 Å². The Morgan fingerprint density at radius 1 is 1.40 bits per heavy atom. The molecule has 0 spiro atoms. The van der Waals surface area contributed by atoms with Gasteiger partial charge in [0.25, 0.3) is 0 Å². The van der Waals surface area contributed by atoms with Crippen molar-refractivity contribution in [2.45, 2.75) is 30.2 Å². The zero-order valence-corrected chi connectivity index (χ0v) is 11.7. The standard InChI is InChI=1S/C13H14FN3O2S/c1-13(5-6-13)16-20(18,19)10-3-4-12(11(14)9-10)17-8-2-7-15-17/h2-4,7-9,16H,5-6H2,1H3. The average Bonchev–Trinajstić information content (AvgIpc) is 2.91. The van der Waals surface area contributed by atoms with E-state index in [0.717, 1.165) is 18.9 Å². The Labute approximate surface area is 116 Å². The minimum absolute atomic E-state index is 0.0703. The van der Waals surface area contributed by atoms with E-state index < -0.39 is 15.8 Å². The third-order valence-electron chi connectivity index (χ3n) is 3.36. The van der Waals surface area contributed by atoms with Crippen LogP contribution in [-0.4, -0.2) is 23.7 Å². The third kappa shape index (κ3) is 2.46. The Balaban J connectivity index is 1.94. The first-order valence-corrected chi connectivity index (χ1v) is 7.72. The maximum absolute atomic E-state index is 14.0. The molecule has 0 aliphatic heterocycles. The molecule has 1 saturated carbocycles. The maximum Gasteiger partial charge on any atom is 0.241 e. The Hall–Kier alpha value is -1.73. The van der Waals surface area contributed by atoms with E-state index in [1.165, 1.54) is 23.0 Å². The predicted octanol–water partition coefficient (Wildman–Crippen LogP) is 1.84. The number of rotatable bonds is 4. The summed E-state index contributed by atoms with van der Waals surface area (Å²) in [7, 11) is -3.68. The van der Waals surface area contributed by atoms with Gasteiger partial charge in [0.1, 0.15) is 11.5 Å². The molecule has 0 bridgehead atoms. The summed E-state index contributed by atoms with van der Waals surface area (Å²) in [6.07, 6.45) is 4.73. The second kappa shape index (κ2) is 4.39. The molecule has 0 unspecified atom stereocenters. The largest absolute Gasteiger partial charge is 0.241 e. The molecular weight excluding hydrogens is 281 g/mol. The lowest BCUT2D eigenvalue weighted by atomic mass is 10.3. The van der Waals surface area contributed by atoms with Gasteiger partial charge in [-0.15, -0.1) is 0 Å². The Morgan fingerprint density at radius 3 is 2.70 bits per heavy atom. The summed E-state index contributed by atoms with van der Waals surface area (Å²) in [5.41, 5.74) is -0.165. The fourth-order valence-corrected chi connectivity index (χ4v) is 3.40. The van der Waals surface area contributed by atoms with Crippen molar-refractivity contribution < 1.29 is 12.8 Å². The number of sulfonamides is 1. The van der Waals surface area contributed by atoms with Crippen LogP contribution in [0.2, 0.25) is 0 Å². The molecule has 1 aromatic heterocycles. The van der Waals surface area contributed by atoms with Crippen molar-refractivity contribution in [3.05, 3.63) is 42.5 Å². The molecule has 1 aromatic carbocycles. The minimum atomic E-state index is -3.68. The van der Waals surface area contributed by atoms with Crippen LogP contribution in [0.4, 0.5) is 4.39 Å². The van der Waals surface area contributed by atoms with E-state index in [2.05, 4.69) is 9.82 Å². The minimum Gasteiger partial charge on any atom is -0.238 e. The lowest BCUT2D eigenvalue weighted by Crippen LogP contribution is -2.34. The molecule has 7 heteroatoms. The van der Waals surface area contributed by atoms with Crippen molar-refractivity contribution in [3.63, 3.8) is 0 Å².